The zero-order chi connectivity index (χ0) is 29.0. The number of hydrogen-bond donors (Lipinski definition) is 0. The summed E-state index contributed by atoms with van der Waals surface area (Å²) in [5.74, 6) is 0. The molecule has 0 saturated heterocycles. The van der Waals surface area contributed by atoms with Gasteiger partial charge in [0.1, 0.15) is 0 Å². The lowest BCUT2D eigenvalue weighted by atomic mass is 10.0. The summed E-state index contributed by atoms with van der Waals surface area (Å²) in [4.78, 5) is 4.54. The minimum atomic E-state index is 1.13. The summed E-state index contributed by atoms with van der Waals surface area (Å²) in [5.41, 5.74) is 10.6. The van der Waals surface area contributed by atoms with E-state index in [1.165, 1.54) is 33.0 Å². The standard InChI is InChI=1S/C41H32N2/c1-42(37-23-16-33(17-24-37)31-10-4-2-5-11-31)38-25-18-34(19-26-38)35-20-27-40(28-21-35)43(39-14-6-3-7-15-39)41-29-22-32-12-8-9-13-36(32)30-41/h2-30H,1H3. The lowest BCUT2D eigenvalue weighted by Crippen LogP contribution is -2.09. The third-order valence-electron chi connectivity index (χ3n) is 8.08. The van der Waals surface area contributed by atoms with Gasteiger partial charge in [-0.3, -0.25) is 0 Å². The van der Waals surface area contributed by atoms with Crippen LogP contribution < -0.4 is 9.80 Å². The Hall–Kier alpha value is -5.60. The molecule has 206 valence electrons. The quantitative estimate of drug-likeness (QED) is 0.194. The minimum Gasteiger partial charge on any atom is -0.345 e. The van der Waals surface area contributed by atoms with Crippen LogP contribution in [-0.4, -0.2) is 7.05 Å². The van der Waals surface area contributed by atoms with E-state index in [0.717, 1.165) is 28.4 Å². The number of fused-ring (bicyclic) bond motifs is 1. The molecule has 0 atom stereocenters. The van der Waals surface area contributed by atoms with E-state index in [1.807, 2.05) is 0 Å². The van der Waals surface area contributed by atoms with E-state index in [0.29, 0.717) is 0 Å². The highest BCUT2D eigenvalue weighted by Gasteiger charge is 2.13. The van der Waals surface area contributed by atoms with Crippen LogP contribution in [-0.2, 0) is 0 Å². The number of benzene rings is 7. The van der Waals surface area contributed by atoms with Gasteiger partial charge in [-0.05, 0) is 93.7 Å². The fourth-order valence-electron chi connectivity index (χ4n) is 5.68. The van der Waals surface area contributed by atoms with E-state index in [-0.39, 0.29) is 0 Å². The smallest absolute Gasteiger partial charge is 0.0468 e. The Balaban J connectivity index is 1.13. The predicted molar refractivity (Wildman–Crippen MR) is 184 cm³/mol. The van der Waals surface area contributed by atoms with E-state index < -0.39 is 0 Å². The molecule has 0 bridgehead atoms. The molecule has 43 heavy (non-hydrogen) atoms. The van der Waals surface area contributed by atoms with Crippen molar-refractivity contribution in [3.63, 3.8) is 0 Å². The first-order valence-electron chi connectivity index (χ1n) is 14.7. The van der Waals surface area contributed by atoms with Crippen LogP contribution in [0.3, 0.4) is 0 Å². The summed E-state index contributed by atoms with van der Waals surface area (Å²) in [7, 11) is 2.12. The van der Waals surface area contributed by atoms with Crippen LogP contribution in [0.15, 0.2) is 176 Å². The van der Waals surface area contributed by atoms with Crippen LogP contribution in [0, 0.1) is 0 Å². The highest BCUT2D eigenvalue weighted by atomic mass is 15.1. The van der Waals surface area contributed by atoms with Gasteiger partial charge in [0.2, 0.25) is 0 Å². The highest BCUT2D eigenvalue weighted by Crippen LogP contribution is 2.37. The zero-order valence-electron chi connectivity index (χ0n) is 24.1. The Bertz CT molecular complexity index is 1940. The normalized spacial score (nSPS) is 10.9. The van der Waals surface area contributed by atoms with Crippen molar-refractivity contribution in [1.82, 2.24) is 0 Å². The molecule has 0 radical (unpaired) electrons. The van der Waals surface area contributed by atoms with Crippen LogP contribution in [0.2, 0.25) is 0 Å². The first-order valence-corrected chi connectivity index (χ1v) is 14.7. The van der Waals surface area contributed by atoms with E-state index in [1.54, 1.807) is 0 Å². The van der Waals surface area contributed by atoms with Crippen molar-refractivity contribution >= 4 is 39.2 Å². The molecule has 0 heterocycles. The Morgan fingerprint density at radius 2 is 0.698 bits per heavy atom. The van der Waals surface area contributed by atoms with Gasteiger partial charge in [0.05, 0.1) is 0 Å². The first kappa shape index (κ1) is 26.3. The number of para-hydroxylation sites is 1. The van der Waals surface area contributed by atoms with Gasteiger partial charge in [0.15, 0.2) is 0 Å². The predicted octanol–water partition coefficient (Wildman–Crippen LogP) is 11.4. The van der Waals surface area contributed by atoms with Crippen LogP contribution >= 0.6 is 0 Å². The average molecular weight is 553 g/mol. The Morgan fingerprint density at radius 3 is 1.26 bits per heavy atom. The molecular weight excluding hydrogens is 520 g/mol. The molecule has 2 nitrogen and oxygen atoms in total. The minimum absolute atomic E-state index is 1.13. The Morgan fingerprint density at radius 1 is 0.302 bits per heavy atom. The average Bonchev–Trinajstić information content (AvgIpc) is 3.09. The summed E-state index contributed by atoms with van der Waals surface area (Å²) in [6, 6.07) is 62.6. The maximum atomic E-state index is 2.32. The first-order chi connectivity index (χ1) is 21.2. The lowest BCUT2D eigenvalue weighted by molar-refractivity contribution is 1.21. The number of hydrogen-bond acceptors (Lipinski definition) is 2. The number of anilines is 5. The molecule has 2 heteroatoms. The molecule has 0 aliphatic rings. The van der Waals surface area contributed by atoms with Crippen molar-refractivity contribution in [2.45, 2.75) is 0 Å². The third-order valence-corrected chi connectivity index (χ3v) is 8.08. The van der Waals surface area contributed by atoms with Gasteiger partial charge < -0.3 is 9.80 Å². The van der Waals surface area contributed by atoms with E-state index >= 15 is 0 Å². The van der Waals surface area contributed by atoms with Gasteiger partial charge in [0, 0.05) is 35.5 Å². The van der Waals surface area contributed by atoms with Crippen LogP contribution in [0.1, 0.15) is 0 Å². The van der Waals surface area contributed by atoms with Gasteiger partial charge in [-0.25, -0.2) is 0 Å². The van der Waals surface area contributed by atoms with Crippen LogP contribution in [0.5, 0.6) is 0 Å². The molecule has 0 aromatic heterocycles. The summed E-state index contributed by atoms with van der Waals surface area (Å²) in [5, 5.41) is 2.47. The molecule has 0 spiro atoms. The second-order valence-electron chi connectivity index (χ2n) is 10.8. The lowest BCUT2D eigenvalue weighted by Gasteiger charge is -2.26. The topological polar surface area (TPSA) is 6.48 Å². The monoisotopic (exact) mass is 552 g/mol. The molecule has 0 saturated carbocycles. The SMILES string of the molecule is CN(c1ccc(-c2ccccc2)cc1)c1ccc(-c2ccc(N(c3ccccc3)c3ccc4ccccc4c3)cc2)cc1. The summed E-state index contributed by atoms with van der Waals surface area (Å²) >= 11 is 0. The fourth-order valence-corrected chi connectivity index (χ4v) is 5.68. The van der Waals surface area contributed by atoms with Crippen molar-refractivity contribution in [3.05, 3.63) is 176 Å². The van der Waals surface area contributed by atoms with E-state index in [9.17, 15) is 0 Å². The molecule has 7 aromatic rings. The Kier molecular flexibility index (Phi) is 7.17. The summed E-state index contributed by atoms with van der Waals surface area (Å²) in [6.07, 6.45) is 0. The van der Waals surface area contributed by atoms with E-state index in [2.05, 4.69) is 193 Å². The Labute approximate surface area is 253 Å². The van der Waals surface area contributed by atoms with Crippen LogP contribution in [0.25, 0.3) is 33.0 Å². The largest absolute Gasteiger partial charge is 0.345 e. The molecule has 0 aliphatic heterocycles. The maximum absolute atomic E-state index is 2.32. The molecule has 0 unspecified atom stereocenters. The van der Waals surface area contributed by atoms with Crippen LogP contribution in [0.4, 0.5) is 28.4 Å². The summed E-state index contributed by atoms with van der Waals surface area (Å²) < 4.78 is 0. The van der Waals surface area contributed by atoms with Gasteiger partial charge in [-0.1, -0.05) is 115 Å². The molecule has 7 rings (SSSR count). The number of nitrogens with zero attached hydrogens (tertiary/aromatic N) is 2. The van der Waals surface area contributed by atoms with Gasteiger partial charge in [0.25, 0.3) is 0 Å². The number of rotatable bonds is 7. The molecular formula is C41H32N2. The molecule has 7 aromatic carbocycles. The van der Waals surface area contributed by atoms with Crippen molar-refractivity contribution in [2.24, 2.45) is 0 Å². The molecule has 0 aliphatic carbocycles. The van der Waals surface area contributed by atoms with Crippen molar-refractivity contribution in [2.75, 3.05) is 16.8 Å². The molecule has 0 N–H and O–H groups in total. The van der Waals surface area contributed by atoms with Gasteiger partial charge >= 0.3 is 0 Å². The third kappa shape index (κ3) is 5.51. The second kappa shape index (κ2) is 11.7. The summed E-state index contributed by atoms with van der Waals surface area (Å²) in [6.45, 7) is 0. The molecule has 0 amide bonds. The zero-order valence-corrected chi connectivity index (χ0v) is 24.1. The van der Waals surface area contributed by atoms with Gasteiger partial charge in [-0.2, -0.15) is 0 Å². The maximum Gasteiger partial charge on any atom is 0.0468 e. The van der Waals surface area contributed by atoms with E-state index in [4.69, 9.17) is 0 Å². The fraction of sp³-hybridized carbons (Fsp3) is 0.0244. The van der Waals surface area contributed by atoms with Gasteiger partial charge in [-0.15, -0.1) is 0 Å². The highest BCUT2D eigenvalue weighted by molar-refractivity contribution is 5.89. The second-order valence-corrected chi connectivity index (χ2v) is 10.8. The van der Waals surface area contributed by atoms with Crippen molar-refractivity contribution in [1.29, 1.82) is 0 Å². The van der Waals surface area contributed by atoms with Crippen molar-refractivity contribution < 1.29 is 0 Å². The van der Waals surface area contributed by atoms with Crippen molar-refractivity contribution in [3.8, 4) is 22.3 Å². The molecule has 0 fully saturated rings.